The lowest BCUT2D eigenvalue weighted by atomic mass is 9.88. The number of nitrogens with zero attached hydrogens (tertiary/aromatic N) is 1. The largest absolute Gasteiger partial charge is 0.323 e. The fourth-order valence-corrected chi connectivity index (χ4v) is 2.23. The van der Waals surface area contributed by atoms with Gasteiger partial charge in [-0.3, -0.25) is 4.98 Å². The summed E-state index contributed by atoms with van der Waals surface area (Å²) in [6, 6.07) is 12.3. The van der Waals surface area contributed by atoms with Crippen LogP contribution in [-0.2, 0) is 0 Å². The van der Waals surface area contributed by atoms with Gasteiger partial charge in [-0.1, -0.05) is 31.2 Å². The lowest BCUT2D eigenvalue weighted by molar-refractivity contribution is 0.581. The fourth-order valence-electron chi connectivity index (χ4n) is 2.23. The van der Waals surface area contributed by atoms with Crippen LogP contribution in [0.2, 0.25) is 0 Å². The smallest absolute Gasteiger partial charge is 0.0450 e. The molecule has 0 spiro atoms. The Balaban J connectivity index is 2.31. The molecule has 2 atom stereocenters. The van der Waals surface area contributed by atoms with E-state index in [1.165, 1.54) is 16.7 Å². The molecule has 2 nitrogen and oxygen atoms in total. The summed E-state index contributed by atoms with van der Waals surface area (Å²) >= 11 is 0. The van der Waals surface area contributed by atoms with Gasteiger partial charge in [-0.15, -0.1) is 0 Å². The van der Waals surface area contributed by atoms with Crippen molar-refractivity contribution in [1.29, 1.82) is 0 Å². The second kappa shape index (κ2) is 5.32. The second-order valence-electron chi connectivity index (χ2n) is 4.86. The minimum Gasteiger partial charge on any atom is -0.323 e. The molecule has 2 rings (SSSR count). The molecule has 2 aromatic rings. The molecule has 0 saturated heterocycles. The molecule has 0 radical (unpaired) electrons. The molecule has 1 aromatic carbocycles. The Morgan fingerprint density at radius 1 is 1.06 bits per heavy atom. The van der Waals surface area contributed by atoms with Gasteiger partial charge in [-0.05, 0) is 42.7 Å². The van der Waals surface area contributed by atoms with E-state index in [1.54, 1.807) is 0 Å². The summed E-state index contributed by atoms with van der Waals surface area (Å²) in [7, 11) is 0. The molecule has 2 unspecified atom stereocenters. The number of hydrogen-bond donors (Lipinski definition) is 1. The summed E-state index contributed by atoms with van der Waals surface area (Å²) in [5.74, 6) is 0.215. The van der Waals surface area contributed by atoms with E-state index in [-0.39, 0.29) is 12.0 Å². The van der Waals surface area contributed by atoms with Gasteiger partial charge in [0.1, 0.15) is 0 Å². The maximum absolute atomic E-state index is 6.40. The molecule has 0 fully saturated rings. The van der Waals surface area contributed by atoms with E-state index in [4.69, 9.17) is 5.73 Å². The highest BCUT2D eigenvalue weighted by Crippen LogP contribution is 2.29. The summed E-state index contributed by atoms with van der Waals surface area (Å²) in [5, 5.41) is 0. The van der Waals surface area contributed by atoms with Gasteiger partial charge >= 0.3 is 0 Å². The second-order valence-corrected chi connectivity index (χ2v) is 4.86. The highest BCUT2D eigenvalue weighted by atomic mass is 14.7. The van der Waals surface area contributed by atoms with Crippen LogP contribution >= 0.6 is 0 Å². The van der Waals surface area contributed by atoms with Gasteiger partial charge in [0.25, 0.3) is 0 Å². The van der Waals surface area contributed by atoms with Gasteiger partial charge in [0.15, 0.2) is 0 Å². The average molecular weight is 240 g/mol. The topological polar surface area (TPSA) is 38.9 Å². The maximum atomic E-state index is 6.40. The highest BCUT2D eigenvalue weighted by molar-refractivity contribution is 5.36. The van der Waals surface area contributed by atoms with Gasteiger partial charge in [-0.2, -0.15) is 0 Å². The molecule has 0 amide bonds. The quantitative estimate of drug-likeness (QED) is 0.891. The van der Waals surface area contributed by atoms with Crippen molar-refractivity contribution in [2.24, 2.45) is 5.73 Å². The van der Waals surface area contributed by atoms with Crippen molar-refractivity contribution in [1.82, 2.24) is 4.98 Å². The first kappa shape index (κ1) is 12.8. The van der Waals surface area contributed by atoms with E-state index in [1.807, 2.05) is 24.4 Å². The Morgan fingerprint density at radius 3 is 2.50 bits per heavy atom. The SMILES string of the molecule is Cc1cccc(C(N)C(C)c2ccccn2)c1C. The van der Waals surface area contributed by atoms with Crippen LogP contribution in [0, 0.1) is 13.8 Å². The van der Waals surface area contributed by atoms with Gasteiger partial charge in [0, 0.05) is 23.9 Å². The van der Waals surface area contributed by atoms with Crippen molar-refractivity contribution in [3.05, 3.63) is 65.0 Å². The number of benzene rings is 1. The molecule has 1 heterocycles. The van der Waals surface area contributed by atoms with E-state index in [0.29, 0.717) is 0 Å². The fraction of sp³-hybridized carbons (Fsp3) is 0.312. The number of rotatable bonds is 3. The van der Waals surface area contributed by atoms with Crippen LogP contribution in [0.25, 0.3) is 0 Å². The molecule has 18 heavy (non-hydrogen) atoms. The molecule has 0 aliphatic heterocycles. The normalized spacial score (nSPS) is 14.2. The van der Waals surface area contributed by atoms with Crippen LogP contribution in [0.1, 0.15) is 41.3 Å². The number of pyridine rings is 1. The third-order valence-corrected chi connectivity index (χ3v) is 3.70. The third kappa shape index (κ3) is 2.44. The first-order valence-electron chi connectivity index (χ1n) is 6.34. The zero-order valence-electron chi connectivity index (χ0n) is 11.2. The molecule has 2 heteroatoms. The summed E-state index contributed by atoms with van der Waals surface area (Å²) in [6.07, 6.45) is 1.82. The average Bonchev–Trinajstić information content (AvgIpc) is 2.41. The van der Waals surface area contributed by atoms with Gasteiger partial charge in [0.2, 0.25) is 0 Å². The number of nitrogens with two attached hydrogens (primary N) is 1. The lowest BCUT2D eigenvalue weighted by Crippen LogP contribution is -2.19. The van der Waals surface area contributed by atoms with E-state index in [2.05, 4.69) is 44.0 Å². The first-order chi connectivity index (χ1) is 8.61. The van der Waals surface area contributed by atoms with E-state index >= 15 is 0 Å². The predicted octanol–water partition coefficient (Wildman–Crippen LogP) is 3.50. The van der Waals surface area contributed by atoms with Crippen LogP contribution in [0.5, 0.6) is 0 Å². The monoisotopic (exact) mass is 240 g/mol. The lowest BCUT2D eigenvalue weighted by Gasteiger charge is -2.22. The van der Waals surface area contributed by atoms with Crippen LogP contribution in [0.3, 0.4) is 0 Å². The molecule has 0 aliphatic carbocycles. The molecule has 1 aromatic heterocycles. The Kier molecular flexibility index (Phi) is 3.78. The molecule has 0 bridgehead atoms. The summed E-state index contributed by atoms with van der Waals surface area (Å²) in [4.78, 5) is 4.40. The molecule has 0 saturated carbocycles. The zero-order chi connectivity index (χ0) is 13.1. The summed E-state index contributed by atoms with van der Waals surface area (Å²) in [5.41, 5.74) is 11.2. The van der Waals surface area contributed by atoms with Crippen LogP contribution in [0.4, 0.5) is 0 Å². The highest BCUT2D eigenvalue weighted by Gasteiger charge is 2.19. The first-order valence-corrected chi connectivity index (χ1v) is 6.34. The zero-order valence-corrected chi connectivity index (χ0v) is 11.2. The van der Waals surface area contributed by atoms with Crippen LogP contribution in [0.15, 0.2) is 42.6 Å². The van der Waals surface area contributed by atoms with Crippen molar-refractivity contribution < 1.29 is 0 Å². The Labute approximate surface area is 109 Å². The van der Waals surface area contributed by atoms with Crippen molar-refractivity contribution in [2.75, 3.05) is 0 Å². The van der Waals surface area contributed by atoms with Gasteiger partial charge in [0.05, 0.1) is 0 Å². The summed E-state index contributed by atoms with van der Waals surface area (Å²) in [6.45, 7) is 6.39. The van der Waals surface area contributed by atoms with Gasteiger partial charge < -0.3 is 5.73 Å². The Bertz CT molecular complexity index is 520. The predicted molar refractivity (Wildman–Crippen MR) is 75.5 cm³/mol. The molecule has 94 valence electrons. The van der Waals surface area contributed by atoms with Crippen molar-refractivity contribution >= 4 is 0 Å². The molecule has 0 aliphatic rings. The van der Waals surface area contributed by atoms with E-state index < -0.39 is 0 Å². The number of aromatic nitrogens is 1. The molecular formula is C16H20N2. The number of aryl methyl sites for hydroxylation is 1. The van der Waals surface area contributed by atoms with Gasteiger partial charge in [-0.25, -0.2) is 0 Å². The summed E-state index contributed by atoms with van der Waals surface area (Å²) < 4.78 is 0. The van der Waals surface area contributed by atoms with Crippen molar-refractivity contribution in [3.63, 3.8) is 0 Å². The van der Waals surface area contributed by atoms with E-state index in [9.17, 15) is 0 Å². The molecule has 2 N–H and O–H groups in total. The van der Waals surface area contributed by atoms with E-state index in [0.717, 1.165) is 5.69 Å². The third-order valence-electron chi connectivity index (χ3n) is 3.70. The Morgan fingerprint density at radius 2 is 1.83 bits per heavy atom. The van der Waals surface area contributed by atoms with Crippen molar-refractivity contribution in [3.8, 4) is 0 Å². The number of hydrogen-bond acceptors (Lipinski definition) is 2. The van der Waals surface area contributed by atoms with Crippen LogP contribution in [-0.4, -0.2) is 4.98 Å². The Hall–Kier alpha value is -1.67. The standard InChI is InChI=1S/C16H20N2/c1-11-7-6-8-14(12(11)2)16(17)13(3)15-9-4-5-10-18-15/h4-10,13,16H,17H2,1-3H3. The minimum absolute atomic E-state index is 0.0141. The molecular weight excluding hydrogens is 220 g/mol. The minimum atomic E-state index is -0.0141. The van der Waals surface area contributed by atoms with Crippen molar-refractivity contribution in [2.45, 2.75) is 32.7 Å². The maximum Gasteiger partial charge on any atom is 0.0450 e. The van der Waals surface area contributed by atoms with Crippen LogP contribution < -0.4 is 5.73 Å².